The van der Waals surface area contributed by atoms with Gasteiger partial charge in [0.2, 0.25) is 0 Å². The zero-order valence-electron chi connectivity index (χ0n) is 19.3. The maximum absolute atomic E-state index is 11.6. The number of nitro groups is 1. The summed E-state index contributed by atoms with van der Waals surface area (Å²) in [6.45, 7) is 16.7. The lowest BCUT2D eigenvalue weighted by Gasteiger charge is -2.44. The molecule has 0 aromatic heterocycles. The second kappa shape index (κ2) is 9.37. The Morgan fingerprint density at radius 1 is 1.17 bits per heavy atom. The number of non-ortho nitro benzene ring substituents is 1. The van der Waals surface area contributed by atoms with E-state index in [4.69, 9.17) is 0 Å². The van der Waals surface area contributed by atoms with Gasteiger partial charge in [-0.15, -0.1) is 12.4 Å². The zero-order valence-corrected chi connectivity index (χ0v) is 20.1. The summed E-state index contributed by atoms with van der Waals surface area (Å²) in [5.41, 5.74) is 4.17. The van der Waals surface area contributed by atoms with Crippen molar-refractivity contribution in [2.75, 3.05) is 32.7 Å². The number of halogens is 1. The molecule has 0 atom stereocenters. The normalized spacial score (nSPS) is 22.0. The molecular weight excluding hydrogens is 398 g/mol. The Balaban J connectivity index is 0.00000320. The third kappa shape index (κ3) is 5.43. The fourth-order valence-electron chi connectivity index (χ4n) is 5.74. The minimum atomic E-state index is -0.249. The number of nitro benzene ring substituents is 1. The van der Waals surface area contributed by atoms with Crippen molar-refractivity contribution in [2.45, 2.75) is 60.3 Å². The number of nitrogens with zero attached hydrogens (tertiary/aromatic N) is 2. The summed E-state index contributed by atoms with van der Waals surface area (Å²) in [4.78, 5) is 11.4. The van der Waals surface area contributed by atoms with Gasteiger partial charge < -0.3 is 5.32 Å². The number of unbranched alkanes of at least 4 members (excludes halogenated alkanes) is 1. The van der Waals surface area contributed by atoms with Crippen molar-refractivity contribution in [3.05, 3.63) is 40.0 Å². The van der Waals surface area contributed by atoms with Crippen molar-refractivity contribution >= 4 is 29.4 Å². The highest BCUT2D eigenvalue weighted by molar-refractivity contribution is 5.85. The molecule has 30 heavy (non-hydrogen) atoms. The summed E-state index contributed by atoms with van der Waals surface area (Å²) in [5, 5.41) is 15.1. The van der Waals surface area contributed by atoms with E-state index in [2.05, 4.69) is 52.1 Å². The predicted octanol–water partition coefficient (Wildman–Crippen LogP) is 5.96. The van der Waals surface area contributed by atoms with E-state index in [0.717, 1.165) is 55.6 Å². The van der Waals surface area contributed by atoms with E-state index in [9.17, 15) is 10.1 Å². The standard InChI is InChI=1S/C24H38N3O2.ClH/c1-6-7-12-27(13-10-25-11-14-27)22-9-8-20(26(28)29)15-21(22)19-16-23(2,3)18-24(4,5)17-19;/h8-9,15-16,25H,6-7,10-14,17-18H2,1-5H3;1H/q+1;. The predicted molar refractivity (Wildman–Crippen MR) is 129 cm³/mol. The minimum Gasteiger partial charge on any atom is -0.306 e. The van der Waals surface area contributed by atoms with Crippen LogP contribution in [0.2, 0.25) is 0 Å². The van der Waals surface area contributed by atoms with Gasteiger partial charge in [-0.3, -0.25) is 14.6 Å². The van der Waals surface area contributed by atoms with E-state index in [-0.39, 0.29) is 33.8 Å². The third-order valence-corrected chi connectivity index (χ3v) is 6.59. The minimum absolute atomic E-state index is 0. The van der Waals surface area contributed by atoms with Crippen LogP contribution in [0.4, 0.5) is 11.4 Å². The molecule has 1 aliphatic carbocycles. The van der Waals surface area contributed by atoms with Crippen molar-refractivity contribution in [1.82, 2.24) is 9.80 Å². The van der Waals surface area contributed by atoms with Gasteiger partial charge in [-0.05, 0) is 35.7 Å². The van der Waals surface area contributed by atoms with Crippen LogP contribution in [0.25, 0.3) is 5.57 Å². The molecule has 1 N–H and O–H groups in total. The number of allylic oxidation sites excluding steroid dienone is 2. The lowest BCUT2D eigenvalue weighted by Crippen LogP contribution is -2.60. The fraction of sp³-hybridized carbons (Fsp3) is 0.667. The van der Waals surface area contributed by atoms with Crippen LogP contribution in [0.3, 0.4) is 0 Å². The number of piperazine rings is 1. The van der Waals surface area contributed by atoms with Gasteiger partial charge in [-0.1, -0.05) is 47.1 Å². The third-order valence-electron chi connectivity index (χ3n) is 6.59. The molecule has 1 saturated heterocycles. The summed E-state index contributed by atoms with van der Waals surface area (Å²) in [6.07, 6.45) is 6.83. The lowest BCUT2D eigenvalue weighted by molar-refractivity contribution is -0.384. The van der Waals surface area contributed by atoms with Crippen LogP contribution in [-0.4, -0.2) is 37.6 Å². The smallest absolute Gasteiger partial charge is 0.270 e. The average Bonchev–Trinajstić information content (AvgIpc) is 2.64. The lowest BCUT2D eigenvalue weighted by atomic mass is 9.65. The Morgan fingerprint density at radius 3 is 2.40 bits per heavy atom. The molecule has 168 valence electrons. The molecule has 0 amide bonds. The largest absolute Gasteiger partial charge is 0.306 e. The van der Waals surface area contributed by atoms with Crippen LogP contribution in [-0.2, 0) is 0 Å². The van der Waals surface area contributed by atoms with Crippen molar-refractivity contribution < 1.29 is 4.92 Å². The first-order chi connectivity index (χ1) is 13.6. The fourth-order valence-corrected chi connectivity index (χ4v) is 5.74. The van der Waals surface area contributed by atoms with Crippen molar-refractivity contribution in [2.24, 2.45) is 10.8 Å². The summed E-state index contributed by atoms with van der Waals surface area (Å²) >= 11 is 0. The van der Waals surface area contributed by atoms with Gasteiger partial charge in [0.1, 0.15) is 5.69 Å². The Bertz CT molecular complexity index is 796. The molecule has 1 heterocycles. The maximum Gasteiger partial charge on any atom is 0.270 e. The molecule has 5 nitrogen and oxygen atoms in total. The zero-order chi connectivity index (χ0) is 21.3. The summed E-state index contributed by atoms with van der Waals surface area (Å²) in [5.74, 6) is 0. The van der Waals surface area contributed by atoms with Crippen LogP contribution in [0, 0.1) is 20.9 Å². The number of quaternary nitrogens is 1. The number of nitrogens with one attached hydrogen (secondary N) is 1. The molecule has 1 aliphatic heterocycles. The highest BCUT2D eigenvalue weighted by Crippen LogP contribution is 2.50. The van der Waals surface area contributed by atoms with Gasteiger partial charge in [0.25, 0.3) is 5.69 Å². The number of rotatable bonds is 6. The van der Waals surface area contributed by atoms with Crippen LogP contribution in [0.15, 0.2) is 24.3 Å². The van der Waals surface area contributed by atoms with Gasteiger partial charge in [0, 0.05) is 36.9 Å². The number of hydrogen-bond donors (Lipinski definition) is 1. The first-order valence-corrected chi connectivity index (χ1v) is 11.2. The molecule has 3 rings (SSSR count). The Kier molecular flexibility index (Phi) is 7.76. The van der Waals surface area contributed by atoms with Crippen LogP contribution in [0.5, 0.6) is 0 Å². The topological polar surface area (TPSA) is 55.2 Å². The summed E-state index contributed by atoms with van der Waals surface area (Å²) < 4.78 is 0.937. The van der Waals surface area contributed by atoms with E-state index >= 15 is 0 Å². The monoisotopic (exact) mass is 436 g/mol. The van der Waals surface area contributed by atoms with Gasteiger partial charge in [0.15, 0.2) is 0 Å². The molecular formula is C24H39ClN3O2+. The molecule has 0 spiro atoms. The summed E-state index contributed by atoms with van der Waals surface area (Å²) in [6, 6.07) is 5.63. The van der Waals surface area contributed by atoms with Crippen LogP contribution in [0.1, 0.15) is 65.9 Å². The first-order valence-electron chi connectivity index (χ1n) is 11.2. The molecule has 2 aliphatic rings. The molecule has 1 aromatic carbocycles. The maximum atomic E-state index is 11.6. The Labute approximate surface area is 188 Å². The van der Waals surface area contributed by atoms with E-state index in [1.54, 1.807) is 6.07 Å². The van der Waals surface area contributed by atoms with Crippen LogP contribution >= 0.6 is 12.4 Å². The molecule has 6 heteroatoms. The molecule has 0 unspecified atom stereocenters. The second-order valence-corrected chi connectivity index (χ2v) is 10.6. The molecule has 0 radical (unpaired) electrons. The van der Waals surface area contributed by atoms with Crippen molar-refractivity contribution in [3.63, 3.8) is 0 Å². The van der Waals surface area contributed by atoms with Gasteiger partial charge >= 0.3 is 0 Å². The van der Waals surface area contributed by atoms with E-state index in [1.165, 1.54) is 24.1 Å². The van der Waals surface area contributed by atoms with Gasteiger partial charge in [-0.25, -0.2) is 0 Å². The SMILES string of the molecule is CCCC[N+]1(c2ccc([N+](=O)[O-])cc2C2=CC(C)(C)CC(C)(C)C2)CCNCC1.Cl. The van der Waals surface area contributed by atoms with Crippen LogP contribution < -0.4 is 9.80 Å². The van der Waals surface area contributed by atoms with Gasteiger partial charge in [-0.2, -0.15) is 0 Å². The molecule has 1 aromatic rings. The van der Waals surface area contributed by atoms with E-state index in [0.29, 0.717) is 0 Å². The Morgan fingerprint density at radius 2 is 1.83 bits per heavy atom. The quantitative estimate of drug-likeness (QED) is 0.340. The van der Waals surface area contributed by atoms with Crippen molar-refractivity contribution in [1.29, 1.82) is 0 Å². The number of hydrogen-bond acceptors (Lipinski definition) is 3. The van der Waals surface area contributed by atoms with Gasteiger partial charge in [0.05, 0.1) is 24.6 Å². The van der Waals surface area contributed by atoms with E-state index < -0.39 is 0 Å². The summed E-state index contributed by atoms with van der Waals surface area (Å²) in [7, 11) is 0. The molecule has 0 saturated carbocycles. The first kappa shape index (κ1) is 24.8. The highest BCUT2D eigenvalue weighted by atomic mass is 35.5. The average molecular weight is 437 g/mol. The Hall–Kier alpha value is -1.43. The number of benzene rings is 1. The molecule has 0 bridgehead atoms. The second-order valence-electron chi connectivity index (χ2n) is 10.6. The highest BCUT2D eigenvalue weighted by Gasteiger charge is 2.39. The van der Waals surface area contributed by atoms with E-state index in [1.807, 2.05) is 6.07 Å². The van der Waals surface area contributed by atoms with Crippen molar-refractivity contribution in [3.8, 4) is 0 Å². The molecule has 1 fully saturated rings.